The highest BCUT2D eigenvalue weighted by atomic mass is 32.2. The third-order valence-electron chi connectivity index (χ3n) is 5.68. The Balaban J connectivity index is 1.59. The first-order valence-electron chi connectivity index (χ1n) is 11.3. The number of nitrogens with one attached hydrogen (secondary N) is 1. The number of carbonyl (C=O) groups is 1. The Morgan fingerprint density at radius 3 is 2.36 bits per heavy atom. The van der Waals surface area contributed by atoms with Crippen LogP contribution in [0.3, 0.4) is 0 Å². The molecule has 180 valence electrons. The molecule has 0 saturated carbocycles. The van der Waals surface area contributed by atoms with Crippen molar-refractivity contribution in [2.24, 2.45) is 0 Å². The zero-order valence-corrected chi connectivity index (χ0v) is 20.8. The number of benzene rings is 3. The standard InChI is InChI=1S/C28H25N5O2S/c1-19-13-14-23(15-20(19)2)33-26(22-11-7-4-8-12-22)31-32-28(33)36-18-25(34)24(16-29)27(35)30-17-21-9-5-3-6-10-21/h3-15,34H,17-18H2,1-2H3,(H,30,35). The molecular weight excluding hydrogens is 470 g/mol. The fourth-order valence-corrected chi connectivity index (χ4v) is 4.38. The van der Waals surface area contributed by atoms with Crippen LogP contribution in [-0.2, 0) is 11.3 Å². The fraction of sp³-hybridized carbons (Fsp3) is 0.143. The van der Waals surface area contributed by atoms with E-state index in [1.54, 1.807) is 0 Å². The predicted octanol–water partition coefficient (Wildman–Crippen LogP) is 5.30. The Bertz CT molecular complexity index is 1440. The van der Waals surface area contributed by atoms with Gasteiger partial charge in [-0.05, 0) is 42.7 Å². The van der Waals surface area contributed by atoms with Gasteiger partial charge < -0.3 is 10.4 Å². The molecule has 0 atom stereocenters. The number of nitrogens with zero attached hydrogens (tertiary/aromatic N) is 4. The molecule has 0 saturated heterocycles. The number of aliphatic hydroxyl groups excluding tert-OH is 1. The molecule has 2 N–H and O–H groups in total. The molecule has 1 aromatic heterocycles. The summed E-state index contributed by atoms with van der Waals surface area (Å²) in [5.74, 6) is -0.297. The molecule has 1 heterocycles. The number of thioether (sulfide) groups is 1. The number of rotatable bonds is 8. The van der Waals surface area contributed by atoms with Gasteiger partial charge in [-0.25, -0.2) is 0 Å². The van der Waals surface area contributed by atoms with Gasteiger partial charge in [0.2, 0.25) is 0 Å². The second-order valence-corrected chi connectivity index (χ2v) is 9.11. The average molecular weight is 496 g/mol. The third kappa shape index (κ3) is 5.65. The number of amides is 1. The highest BCUT2D eigenvalue weighted by molar-refractivity contribution is 7.99. The zero-order valence-electron chi connectivity index (χ0n) is 20.0. The summed E-state index contributed by atoms with van der Waals surface area (Å²) in [5.41, 5.74) is 4.65. The van der Waals surface area contributed by atoms with Gasteiger partial charge in [-0.3, -0.25) is 9.36 Å². The van der Waals surface area contributed by atoms with Gasteiger partial charge in [0.05, 0.1) is 11.4 Å². The van der Waals surface area contributed by atoms with Crippen LogP contribution in [0.2, 0.25) is 0 Å². The summed E-state index contributed by atoms with van der Waals surface area (Å²) in [5, 5.41) is 32.1. The van der Waals surface area contributed by atoms with Crippen LogP contribution in [0.5, 0.6) is 0 Å². The number of hydrogen-bond donors (Lipinski definition) is 2. The van der Waals surface area contributed by atoms with Crippen molar-refractivity contribution < 1.29 is 9.90 Å². The average Bonchev–Trinajstić information content (AvgIpc) is 3.33. The van der Waals surface area contributed by atoms with E-state index in [9.17, 15) is 15.2 Å². The minimum absolute atomic E-state index is 0.0145. The Morgan fingerprint density at radius 1 is 1.00 bits per heavy atom. The summed E-state index contributed by atoms with van der Waals surface area (Å²) in [6.45, 7) is 4.35. The van der Waals surface area contributed by atoms with Crippen molar-refractivity contribution in [3.63, 3.8) is 0 Å². The molecule has 36 heavy (non-hydrogen) atoms. The van der Waals surface area contributed by atoms with Crippen LogP contribution < -0.4 is 5.32 Å². The lowest BCUT2D eigenvalue weighted by molar-refractivity contribution is -0.117. The number of aromatic nitrogens is 3. The normalized spacial score (nSPS) is 11.5. The lowest BCUT2D eigenvalue weighted by Crippen LogP contribution is -2.25. The van der Waals surface area contributed by atoms with Crippen molar-refractivity contribution in [3.8, 4) is 23.1 Å². The molecule has 0 spiro atoms. The first-order chi connectivity index (χ1) is 17.5. The van der Waals surface area contributed by atoms with Crippen molar-refractivity contribution in [2.75, 3.05) is 5.75 Å². The summed E-state index contributed by atoms with van der Waals surface area (Å²) in [6, 6.07) is 27.0. The Labute approximate surface area is 214 Å². The SMILES string of the molecule is Cc1ccc(-n2c(SCC(O)=C(C#N)C(=O)NCc3ccccc3)nnc2-c2ccccc2)cc1C. The molecule has 0 aliphatic carbocycles. The number of carbonyl (C=O) groups excluding carboxylic acids is 1. The Kier molecular flexibility index (Phi) is 7.83. The summed E-state index contributed by atoms with van der Waals surface area (Å²) in [6.07, 6.45) is 0. The van der Waals surface area contributed by atoms with Gasteiger partial charge >= 0.3 is 0 Å². The van der Waals surface area contributed by atoms with E-state index in [4.69, 9.17) is 0 Å². The van der Waals surface area contributed by atoms with Gasteiger partial charge in [0, 0.05) is 12.1 Å². The maximum atomic E-state index is 12.6. The van der Waals surface area contributed by atoms with Gasteiger partial charge in [-0.1, -0.05) is 78.5 Å². The molecule has 0 radical (unpaired) electrons. The quantitative estimate of drug-likeness (QED) is 0.149. The van der Waals surface area contributed by atoms with Gasteiger partial charge in [-0.2, -0.15) is 5.26 Å². The minimum Gasteiger partial charge on any atom is -0.510 e. The maximum Gasteiger partial charge on any atom is 0.265 e. The molecule has 8 heteroatoms. The largest absolute Gasteiger partial charge is 0.510 e. The first kappa shape index (κ1) is 24.8. The van der Waals surface area contributed by atoms with Crippen LogP contribution in [0.25, 0.3) is 17.1 Å². The summed E-state index contributed by atoms with van der Waals surface area (Å²) in [4.78, 5) is 12.6. The van der Waals surface area contributed by atoms with E-state index in [-0.39, 0.29) is 23.6 Å². The van der Waals surface area contributed by atoms with Crippen LogP contribution in [0.4, 0.5) is 0 Å². The van der Waals surface area contributed by atoms with E-state index in [0.29, 0.717) is 11.0 Å². The second kappa shape index (κ2) is 11.4. The number of nitriles is 1. The molecule has 4 aromatic rings. The van der Waals surface area contributed by atoms with Crippen LogP contribution in [0.1, 0.15) is 16.7 Å². The van der Waals surface area contributed by atoms with Gasteiger partial charge in [0.15, 0.2) is 16.6 Å². The molecule has 0 unspecified atom stereocenters. The van der Waals surface area contributed by atoms with Crippen LogP contribution >= 0.6 is 11.8 Å². The Hall–Kier alpha value is -4.35. The predicted molar refractivity (Wildman–Crippen MR) is 141 cm³/mol. The fourth-order valence-electron chi connectivity index (χ4n) is 3.55. The van der Waals surface area contributed by atoms with Crippen molar-refractivity contribution in [3.05, 3.63) is 107 Å². The topological polar surface area (TPSA) is 104 Å². The monoisotopic (exact) mass is 495 g/mol. The maximum absolute atomic E-state index is 12.6. The molecule has 1 amide bonds. The van der Waals surface area contributed by atoms with E-state index in [2.05, 4.69) is 21.6 Å². The van der Waals surface area contributed by atoms with Gasteiger partial charge in [0.1, 0.15) is 11.8 Å². The van der Waals surface area contributed by atoms with Crippen molar-refractivity contribution >= 4 is 17.7 Å². The smallest absolute Gasteiger partial charge is 0.265 e. The van der Waals surface area contributed by atoms with Gasteiger partial charge in [-0.15, -0.1) is 10.2 Å². The summed E-state index contributed by atoms with van der Waals surface area (Å²) in [7, 11) is 0. The van der Waals surface area contributed by atoms with Crippen LogP contribution in [-0.4, -0.2) is 31.5 Å². The van der Waals surface area contributed by atoms with E-state index in [1.165, 1.54) is 17.3 Å². The van der Waals surface area contributed by atoms with Crippen LogP contribution in [0.15, 0.2) is 95.4 Å². The van der Waals surface area contributed by atoms with E-state index < -0.39 is 5.91 Å². The molecule has 0 bridgehead atoms. The van der Waals surface area contributed by atoms with E-state index in [0.717, 1.165) is 22.4 Å². The molecule has 0 aliphatic heterocycles. The second-order valence-electron chi connectivity index (χ2n) is 8.17. The number of hydrogen-bond acceptors (Lipinski definition) is 6. The highest BCUT2D eigenvalue weighted by Gasteiger charge is 2.20. The molecular formula is C28H25N5O2S. The lowest BCUT2D eigenvalue weighted by atomic mass is 10.1. The number of aliphatic hydroxyl groups is 1. The molecule has 0 fully saturated rings. The molecule has 7 nitrogen and oxygen atoms in total. The summed E-state index contributed by atoms with van der Waals surface area (Å²) < 4.78 is 1.92. The number of aryl methyl sites for hydroxylation is 2. The van der Waals surface area contributed by atoms with Crippen LogP contribution in [0, 0.1) is 25.2 Å². The zero-order chi connectivity index (χ0) is 25.5. The molecule has 3 aromatic carbocycles. The van der Waals surface area contributed by atoms with Gasteiger partial charge in [0.25, 0.3) is 5.91 Å². The van der Waals surface area contributed by atoms with Crippen molar-refractivity contribution in [1.29, 1.82) is 5.26 Å². The van der Waals surface area contributed by atoms with E-state index >= 15 is 0 Å². The Morgan fingerprint density at radius 2 is 1.69 bits per heavy atom. The third-order valence-corrected chi connectivity index (χ3v) is 6.62. The van der Waals surface area contributed by atoms with Crippen molar-refractivity contribution in [1.82, 2.24) is 20.1 Å². The first-order valence-corrected chi connectivity index (χ1v) is 12.3. The molecule has 4 rings (SSSR count). The van der Waals surface area contributed by atoms with E-state index in [1.807, 2.05) is 97.3 Å². The highest BCUT2D eigenvalue weighted by Crippen LogP contribution is 2.29. The van der Waals surface area contributed by atoms with Crippen molar-refractivity contribution in [2.45, 2.75) is 25.5 Å². The molecule has 0 aliphatic rings. The minimum atomic E-state index is -0.625. The lowest BCUT2D eigenvalue weighted by Gasteiger charge is -2.12. The summed E-state index contributed by atoms with van der Waals surface area (Å²) >= 11 is 1.20.